The fourth-order valence-electron chi connectivity index (χ4n) is 5.42. The van der Waals surface area contributed by atoms with Crippen LogP contribution in [0.1, 0.15) is 63.0 Å². The summed E-state index contributed by atoms with van der Waals surface area (Å²) in [6.07, 6.45) is 1.82. The van der Waals surface area contributed by atoms with Crippen LogP contribution >= 0.6 is 0 Å². The zero-order chi connectivity index (χ0) is 24.3. The van der Waals surface area contributed by atoms with Gasteiger partial charge in [0.05, 0.1) is 6.42 Å². The summed E-state index contributed by atoms with van der Waals surface area (Å²) in [5.74, 6) is -1.23. The molecule has 1 fully saturated rings. The smallest absolute Gasteiger partial charge is 0.408 e. The molecule has 1 saturated heterocycles. The van der Waals surface area contributed by atoms with Gasteiger partial charge in [-0.05, 0) is 48.4 Å². The van der Waals surface area contributed by atoms with Gasteiger partial charge in [0, 0.05) is 18.5 Å². The van der Waals surface area contributed by atoms with Crippen LogP contribution in [0.4, 0.5) is 4.79 Å². The van der Waals surface area contributed by atoms with Crippen molar-refractivity contribution in [1.29, 1.82) is 0 Å². The maximum Gasteiger partial charge on any atom is 0.408 e. The van der Waals surface area contributed by atoms with Crippen molar-refractivity contribution in [2.45, 2.75) is 63.5 Å². The number of nitrogens with zero attached hydrogens (tertiary/aromatic N) is 1. The number of hydrogen-bond donors (Lipinski definition) is 2. The van der Waals surface area contributed by atoms with Crippen LogP contribution in [0.3, 0.4) is 0 Å². The van der Waals surface area contributed by atoms with E-state index in [0.29, 0.717) is 25.8 Å². The van der Waals surface area contributed by atoms with Crippen LogP contribution in [-0.4, -0.2) is 52.7 Å². The molecule has 1 unspecified atom stereocenters. The largest absolute Gasteiger partial charge is 0.481 e. The second kappa shape index (κ2) is 9.87. The van der Waals surface area contributed by atoms with Crippen molar-refractivity contribution in [3.8, 4) is 11.1 Å². The van der Waals surface area contributed by atoms with Gasteiger partial charge in [0.25, 0.3) is 0 Å². The fourth-order valence-corrected chi connectivity index (χ4v) is 5.42. The Bertz CT molecular complexity index is 1040. The summed E-state index contributed by atoms with van der Waals surface area (Å²) in [6.45, 7) is 4.32. The first-order valence-corrected chi connectivity index (χ1v) is 12.0. The normalized spacial score (nSPS) is 18.6. The average Bonchev–Trinajstić information content (AvgIpc) is 3.39. The van der Waals surface area contributed by atoms with E-state index in [0.717, 1.165) is 28.7 Å². The number of ether oxygens (including phenoxy) is 1. The molecule has 2 amide bonds. The van der Waals surface area contributed by atoms with Crippen molar-refractivity contribution < 1.29 is 24.2 Å². The number of alkyl carbamates (subject to hydrolysis) is 1. The third-order valence-corrected chi connectivity index (χ3v) is 6.99. The lowest BCUT2D eigenvalue weighted by molar-refractivity contribution is -0.142. The van der Waals surface area contributed by atoms with Crippen LogP contribution < -0.4 is 5.32 Å². The van der Waals surface area contributed by atoms with Crippen LogP contribution in [0, 0.1) is 0 Å². The number of carboxylic acid groups (broad SMARTS) is 1. The highest BCUT2D eigenvalue weighted by Gasteiger charge is 2.42. The minimum Gasteiger partial charge on any atom is -0.481 e. The van der Waals surface area contributed by atoms with E-state index in [1.54, 1.807) is 11.8 Å². The molecule has 0 saturated carbocycles. The fraction of sp³-hybridized carbons (Fsp3) is 0.444. The van der Waals surface area contributed by atoms with E-state index in [9.17, 15) is 19.5 Å². The summed E-state index contributed by atoms with van der Waals surface area (Å²) in [5, 5.41) is 12.0. The summed E-state index contributed by atoms with van der Waals surface area (Å²) >= 11 is 0. The Labute approximate surface area is 200 Å². The third-order valence-electron chi connectivity index (χ3n) is 6.99. The molecule has 0 radical (unpaired) electrons. The van der Waals surface area contributed by atoms with Crippen LogP contribution in [0.15, 0.2) is 48.5 Å². The first-order chi connectivity index (χ1) is 16.3. The number of carboxylic acids is 1. The lowest BCUT2D eigenvalue weighted by atomic mass is 9.93. The van der Waals surface area contributed by atoms with Crippen molar-refractivity contribution >= 4 is 18.0 Å². The molecule has 2 aromatic carbocycles. The molecule has 4 rings (SSSR count). The number of rotatable bonds is 8. The quantitative estimate of drug-likeness (QED) is 0.598. The summed E-state index contributed by atoms with van der Waals surface area (Å²) in [7, 11) is 0. The molecule has 7 heteroatoms. The summed E-state index contributed by atoms with van der Waals surface area (Å²) in [4.78, 5) is 39.2. The molecule has 180 valence electrons. The number of carbonyl (C=O) groups excluding carboxylic acids is 2. The molecule has 2 aromatic rings. The molecule has 0 aromatic heterocycles. The molecule has 7 nitrogen and oxygen atoms in total. The first-order valence-electron chi connectivity index (χ1n) is 12.0. The molecule has 2 N–H and O–H groups in total. The van der Waals surface area contributed by atoms with Crippen molar-refractivity contribution in [2.75, 3.05) is 13.2 Å². The number of aliphatic carboxylic acids is 1. The Balaban J connectivity index is 1.45. The predicted molar refractivity (Wildman–Crippen MR) is 129 cm³/mol. The van der Waals surface area contributed by atoms with Gasteiger partial charge in [0.2, 0.25) is 5.91 Å². The zero-order valence-electron chi connectivity index (χ0n) is 19.8. The zero-order valence-corrected chi connectivity index (χ0v) is 19.8. The number of hydrogen-bond acceptors (Lipinski definition) is 4. The average molecular weight is 465 g/mol. The highest BCUT2D eigenvalue weighted by molar-refractivity contribution is 5.90. The van der Waals surface area contributed by atoms with Gasteiger partial charge in [-0.1, -0.05) is 61.9 Å². The van der Waals surface area contributed by atoms with Crippen molar-refractivity contribution in [3.63, 3.8) is 0 Å². The molecular weight excluding hydrogens is 432 g/mol. The molecule has 0 bridgehead atoms. The van der Waals surface area contributed by atoms with E-state index in [-0.39, 0.29) is 30.9 Å². The monoisotopic (exact) mass is 464 g/mol. The standard InChI is InChI=1S/C27H32N2O5/c1-3-14-27(2,25(32)29-15-8-9-18(29)16-24(30)31)28-26(33)34-17-23-21-12-6-4-10-19(21)20-11-5-7-13-22(20)23/h4-7,10-13,18,23H,3,8-9,14-17H2,1-2H3,(H,28,33)(H,30,31)/t18-,27?/m0/s1. The van der Waals surface area contributed by atoms with Gasteiger partial charge in [-0.15, -0.1) is 0 Å². The third kappa shape index (κ3) is 4.65. The number of nitrogens with one attached hydrogen (secondary N) is 1. The highest BCUT2D eigenvalue weighted by atomic mass is 16.5. The molecule has 2 atom stereocenters. The van der Waals surface area contributed by atoms with Gasteiger partial charge in [0.15, 0.2) is 0 Å². The number of fused-ring (bicyclic) bond motifs is 3. The van der Waals surface area contributed by atoms with Crippen LogP contribution in [0.5, 0.6) is 0 Å². The van der Waals surface area contributed by atoms with E-state index in [2.05, 4.69) is 29.6 Å². The van der Waals surface area contributed by atoms with E-state index < -0.39 is 17.6 Å². The van der Waals surface area contributed by atoms with Gasteiger partial charge in [-0.25, -0.2) is 4.79 Å². The second-order valence-electron chi connectivity index (χ2n) is 9.43. The SMILES string of the molecule is CCCC(C)(NC(=O)OCC1c2ccccc2-c2ccccc21)C(=O)N1CCC[C@H]1CC(=O)O. The molecule has 34 heavy (non-hydrogen) atoms. The lowest BCUT2D eigenvalue weighted by Gasteiger charge is -2.35. The van der Waals surface area contributed by atoms with E-state index in [1.807, 2.05) is 31.2 Å². The Kier molecular flexibility index (Phi) is 6.91. The number of likely N-dealkylation sites (tertiary alicyclic amines) is 1. The van der Waals surface area contributed by atoms with E-state index in [1.165, 1.54) is 0 Å². The predicted octanol–water partition coefficient (Wildman–Crippen LogP) is 4.55. The minimum atomic E-state index is -1.15. The van der Waals surface area contributed by atoms with Gasteiger partial charge in [-0.2, -0.15) is 0 Å². The number of amides is 2. The molecule has 1 aliphatic heterocycles. The summed E-state index contributed by atoms with van der Waals surface area (Å²) in [5.41, 5.74) is 3.39. The Morgan fingerprint density at radius 2 is 1.71 bits per heavy atom. The maximum absolute atomic E-state index is 13.4. The van der Waals surface area contributed by atoms with Crippen LogP contribution in [-0.2, 0) is 14.3 Å². The second-order valence-corrected chi connectivity index (χ2v) is 9.43. The van der Waals surface area contributed by atoms with Crippen molar-refractivity contribution in [3.05, 3.63) is 59.7 Å². The Morgan fingerprint density at radius 1 is 1.09 bits per heavy atom. The minimum absolute atomic E-state index is 0.0650. The van der Waals surface area contributed by atoms with Crippen LogP contribution in [0.25, 0.3) is 11.1 Å². The summed E-state index contributed by atoms with van der Waals surface area (Å²) in [6, 6.07) is 15.9. The number of benzene rings is 2. The molecule has 2 aliphatic rings. The Morgan fingerprint density at radius 3 is 2.29 bits per heavy atom. The maximum atomic E-state index is 13.4. The van der Waals surface area contributed by atoms with E-state index >= 15 is 0 Å². The Hall–Kier alpha value is -3.35. The van der Waals surface area contributed by atoms with E-state index in [4.69, 9.17) is 4.74 Å². The number of carbonyl (C=O) groups is 3. The van der Waals surface area contributed by atoms with Crippen LogP contribution in [0.2, 0.25) is 0 Å². The first kappa shape index (κ1) is 23.8. The van der Waals surface area contributed by atoms with Crippen molar-refractivity contribution in [2.24, 2.45) is 0 Å². The molecular formula is C27H32N2O5. The topological polar surface area (TPSA) is 95.9 Å². The van der Waals surface area contributed by atoms with Gasteiger partial charge < -0.3 is 20.1 Å². The lowest BCUT2D eigenvalue weighted by Crippen LogP contribution is -2.59. The molecule has 1 aliphatic carbocycles. The molecule has 0 spiro atoms. The molecule has 1 heterocycles. The van der Waals surface area contributed by atoms with Crippen molar-refractivity contribution in [1.82, 2.24) is 10.2 Å². The van der Waals surface area contributed by atoms with Gasteiger partial charge in [0.1, 0.15) is 12.1 Å². The highest BCUT2D eigenvalue weighted by Crippen LogP contribution is 2.44. The van der Waals surface area contributed by atoms with Gasteiger partial charge in [-0.3, -0.25) is 9.59 Å². The van der Waals surface area contributed by atoms with Gasteiger partial charge >= 0.3 is 12.1 Å². The summed E-state index contributed by atoms with van der Waals surface area (Å²) < 4.78 is 5.67.